The molecular weight excluding hydrogens is 258 g/mol. The molecule has 3 nitrogen and oxygen atoms in total. The summed E-state index contributed by atoms with van der Waals surface area (Å²) < 4.78 is 29.6. The van der Waals surface area contributed by atoms with Crippen molar-refractivity contribution in [1.29, 1.82) is 5.26 Å². The third-order valence-corrected chi connectivity index (χ3v) is 1.93. The van der Waals surface area contributed by atoms with Gasteiger partial charge in [-0.3, -0.25) is 0 Å². The van der Waals surface area contributed by atoms with Crippen LogP contribution in [0.5, 0.6) is 5.75 Å². The highest BCUT2D eigenvalue weighted by Gasteiger charge is 2.29. The van der Waals surface area contributed by atoms with Crippen LogP contribution in [0.3, 0.4) is 0 Å². The molecule has 1 rings (SSSR count). The highest BCUT2D eigenvalue weighted by atomic mass is 79.9. The second-order valence-corrected chi connectivity index (χ2v) is 2.92. The summed E-state index contributed by atoms with van der Waals surface area (Å²) in [7, 11) is 0. The van der Waals surface area contributed by atoms with Crippen molar-refractivity contribution in [3.8, 4) is 11.8 Å². The molecule has 0 aliphatic rings. The van der Waals surface area contributed by atoms with Crippen LogP contribution in [0.4, 0.5) is 8.78 Å². The molecule has 0 N–H and O–H groups in total. The lowest BCUT2D eigenvalue weighted by Crippen LogP contribution is -2.26. The van der Waals surface area contributed by atoms with E-state index < -0.39 is 11.4 Å². The molecule has 0 amide bonds. The van der Waals surface area contributed by atoms with E-state index in [0.29, 0.717) is 0 Å². The van der Waals surface area contributed by atoms with Gasteiger partial charge in [0.1, 0.15) is 22.8 Å². The summed E-state index contributed by atoms with van der Waals surface area (Å²) in [6.45, 7) is 0. The van der Waals surface area contributed by atoms with Gasteiger partial charge in [0.25, 0.3) is 0 Å². The summed E-state index contributed by atoms with van der Waals surface area (Å²) in [6, 6.07) is 4.34. The lowest BCUT2D eigenvalue weighted by Gasteiger charge is -2.14. The molecule has 14 heavy (non-hydrogen) atoms. The van der Waals surface area contributed by atoms with Gasteiger partial charge >= 0.3 is 6.11 Å². The number of rotatable bonds is 3. The molecule has 1 heterocycles. The molecule has 0 aliphatic carbocycles. The fourth-order valence-electron chi connectivity index (χ4n) is 0.707. The van der Waals surface area contributed by atoms with Gasteiger partial charge in [0, 0.05) is 0 Å². The predicted octanol–water partition coefficient (Wildman–Crippen LogP) is 2.32. The number of nitrogens with zero attached hydrogens (tertiary/aromatic N) is 2. The molecule has 0 aliphatic heterocycles. The largest absolute Gasteiger partial charge is 0.430 e. The average molecular weight is 263 g/mol. The van der Waals surface area contributed by atoms with E-state index in [1.54, 1.807) is 6.07 Å². The number of hydrogen-bond acceptors (Lipinski definition) is 3. The highest BCUT2D eigenvalue weighted by molar-refractivity contribution is 9.09. The van der Waals surface area contributed by atoms with E-state index in [1.165, 1.54) is 12.1 Å². The van der Waals surface area contributed by atoms with Crippen LogP contribution >= 0.6 is 15.9 Å². The molecule has 0 aromatic carbocycles. The number of aromatic nitrogens is 1. The highest BCUT2D eigenvalue weighted by Crippen LogP contribution is 2.22. The maximum Gasteiger partial charge on any atom is 0.407 e. The number of ether oxygens (including phenoxy) is 1. The van der Waals surface area contributed by atoms with Gasteiger partial charge in [-0.05, 0) is 12.1 Å². The maximum absolute atomic E-state index is 12.7. The zero-order valence-electron chi connectivity index (χ0n) is 6.88. The summed E-state index contributed by atoms with van der Waals surface area (Å²) in [5, 5.41) is 7.80. The molecule has 6 heteroatoms. The topological polar surface area (TPSA) is 45.9 Å². The zero-order valence-corrected chi connectivity index (χ0v) is 8.46. The van der Waals surface area contributed by atoms with Gasteiger partial charge < -0.3 is 4.74 Å². The Labute approximate surface area is 87.5 Å². The Morgan fingerprint density at radius 1 is 1.57 bits per heavy atom. The molecule has 74 valence electrons. The lowest BCUT2D eigenvalue weighted by molar-refractivity contribution is -0.153. The van der Waals surface area contributed by atoms with Crippen LogP contribution < -0.4 is 4.74 Å². The minimum absolute atomic E-state index is 0.0755. The molecule has 0 fully saturated rings. The van der Waals surface area contributed by atoms with Crippen molar-refractivity contribution in [3.05, 3.63) is 24.0 Å². The molecule has 0 unspecified atom stereocenters. The number of halogens is 3. The van der Waals surface area contributed by atoms with E-state index in [-0.39, 0.29) is 11.4 Å². The van der Waals surface area contributed by atoms with Crippen LogP contribution in [0.15, 0.2) is 18.3 Å². The van der Waals surface area contributed by atoms with E-state index >= 15 is 0 Å². The Kier molecular flexibility index (Phi) is 3.36. The fraction of sp³-hybridized carbons (Fsp3) is 0.250. The molecule has 0 radical (unpaired) electrons. The molecule has 0 atom stereocenters. The summed E-state index contributed by atoms with van der Waals surface area (Å²) in [4.78, 5) is 3.58. The van der Waals surface area contributed by atoms with Crippen molar-refractivity contribution in [2.45, 2.75) is 6.11 Å². The standard InChI is InChI=1S/C8H5BrF2N2O/c9-5-8(10,11)14-7-2-1-6(3-12)13-4-7/h1-2,4H,5H2. The van der Waals surface area contributed by atoms with Crippen LogP contribution in [0, 0.1) is 11.3 Å². The summed E-state index contributed by atoms with van der Waals surface area (Å²) in [5.74, 6) is -0.0755. The van der Waals surface area contributed by atoms with Crippen LogP contribution in [-0.4, -0.2) is 16.4 Å². The Hall–Kier alpha value is -1.22. The van der Waals surface area contributed by atoms with E-state index in [0.717, 1.165) is 6.20 Å². The number of pyridine rings is 1. The van der Waals surface area contributed by atoms with Gasteiger partial charge in [-0.2, -0.15) is 14.0 Å². The Bertz CT molecular complexity index is 347. The van der Waals surface area contributed by atoms with Crippen molar-refractivity contribution < 1.29 is 13.5 Å². The van der Waals surface area contributed by atoms with Gasteiger partial charge in [-0.15, -0.1) is 0 Å². The maximum atomic E-state index is 12.7. The van der Waals surface area contributed by atoms with Gasteiger partial charge in [0.15, 0.2) is 0 Å². The van der Waals surface area contributed by atoms with Crippen LogP contribution in [-0.2, 0) is 0 Å². The van der Waals surface area contributed by atoms with Crippen molar-refractivity contribution in [2.24, 2.45) is 0 Å². The number of hydrogen-bond donors (Lipinski definition) is 0. The molecule has 0 saturated carbocycles. The van der Waals surface area contributed by atoms with Crippen molar-refractivity contribution in [2.75, 3.05) is 5.33 Å². The monoisotopic (exact) mass is 262 g/mol. The van der Waals surface area contributed by atoms with Crippen LogP contribution in [0.2, 0.25) is 0 Å². The Morgan fingerprint density at radius 2 is 2.29 bits per heavy atom. The first kappa shape index (κ1) is 10.9. The quantitative estimate of drug-likeness (QED) is 0.786. The summed E-state index contributed by atoms with van der Waals surface area (Å²) >= 11 is 2.61. The fourth-order valence-corrected chi connectivity index (χ4v) is 0.821. The SMILES string of the molecule is N#Cc1ccc(OC(F)(F)CBr)cn1. The van der Waals surface area contributed by atoms with Gasteiger partial charge in [0.05, 0.1) is 6.20 Å². The Morgan fingerprint density at radius 3 is 2.71 bits per heavy atom. The summed E-state index contributed by atoms with van der Waals surface area (Å²) in [5.41, 5.74) is 0.152. The van der Waals surface area contributed by atoms with E-state index in [2.05, 4.69) is 25.7 Å². The Balaban J connectivity index is 2.75. The first-order valence-electron chi connectivity index (χ1n) is 3.56. The molecule has 1 aromatic heterocycles. The first-order chi connectivity index (χ1) is 6.57. The first-order valence-corrected chi connectivity index (χ1v) is 4.68. The van der Waals surface area contributed by atoms with Gasteiger partial charge in [0.2, 0.25) is 0 Å². The average Bonchev–Trinajstić information content (AvgIpc) is 2.19. The van der Waals surface area contributed by atoms with Crippen molar-refractivity contribution >= 4 is 15.9 Å². The second-order valence-electron chi connectivity index (χ2n) is 2.36. The van der Waals surface area contributed by atoms with Gasteiger partial charge in [-0.25, -0.2) is 4.98 Å². The van der Waals surface area contributed by atoms with Crippen molar-refractivity contribution in [3.63, 3.8) is 0 Å². The lowest BCUT2D eigenvalue weighted by atomic mass is 10.4. The van der Waals surface area contributed by atoms with Crippen LogP contribution in [0.25, 0.3) is 0 Å². The van der Waals surface area contributed by atoms with Gasteiger partial charge in [-0.1, -0.05) is 15.9 Å². The van der Waals surface area contributed by atoms with E-state index in [1.807, 2.05) is 0 Å². The number of alkyl halides is 3. The van der Waals surface area contributed by atoms with Crippen molar-refractivity contribution in [1.82, 2.24) is 4.98 Å². The third kappa shape index (κ3) is 2.92. The van der Waals surface area contributed by atoms with E-state index in [4.69, 9.17) is 5.26 Å². The molecule has 0 bridgehead atoms. The minimum atomic E-state index is -3.27. The summed E-state index contributed by atoms with van der Waals surface area (Å²) in [6.07, 6.45) is -2.19. The smallest absolute Gasteiger partial charge is 0.407 e. The zero-order chi connectivity index (χ0) is 10.6. The van der Waals surface area contributed by atoms with Crippen LogP contribution in [0.1, 0.15) is 5.69 Å². The predicted molar refractivity (Wildman–Crippen MR) is 48.3 cm³/mol. The van der Waals surface area contributed by atoms with E-state index in [9.17, 15) is 8.78 Å². The molecular formula is C8H5BrF2N2O. The molecule has 1 aromatic rings. The third-order valence-electron chi connectivity index (χ3n) is 1.27. The second kappa shape index (κ2) is 4.33. The molecule has 0 spiro atoms. The number of nitriles is 1. The molecule has 0 saturated heterocycles. The minimum Gasteiger partial charge on any atom is -0.430 e. The normalized spacial score (nSPS) is 10.7.